The quantitative estimate of drug-likeness (QED) is 0.0629. The van der Waals surface area contributed by atoms with E-state index < -0.39 is 26.5 Å². The number of benzene rings is 2. The van der Waals surface area contributed by atoms with Gasteiger partial charge in [-0.05, 0) is 75.6 Å². The van der Waals surface area contributed by atoms with Gasteiger partial charge in [-0.1, -0.05) is 153 Å². The Balaban J connectivity index is 0.000000786. The summed E-state index contributed by atoms with van der Waals surface area (Å²) >= 11 is 0. The number of hydrogen-bond donors (Lipinski definition) is 2. The number of aromatic carboxylic acids is 2. The van der Waals surface area contributed by atoms with E-state index >= 15 is 0 Å². The molecule has 0 unspecified atom stereocenters. The number of carboxylic acid groups (broad SMARTS) is 2. The molecule has 0 aliphatic rings. The standard InChI is InChI=1S/2C16H36P.C14H10O4S2/c2*1-5-9-13-17(14-10-6-2,15-11-7-3)16-12-8-4;15-13(16)9-5-1-3-7-11(9)19-20-12-8-4-2-6-10(12)14(17)18/h2*5-16H2,1-4H3;1-8H,(H,15,16)(H,17,18)/q2*+1;. The normalized spacial score (nSPS) is 11.3. The maximum Gasteiger partial charge on any atom is 0.336 e. The van der Waals surface area contributed by atoms with Crippen molar-refractivity contribution in [3.05, 3.63) is 59.7 Å². The summed E-state index contributed by atoms with van der Waals surface area (Å²) < 4.78 is 0. The van der Waals surface area contributed by atoms with Crippen molar-refractivity contribution in [2.75, 3.05) is 49.3 Å². The summed E-state index contributed by atoms with van der Waals surface area (Å²) in [5.41, 5.74) is 0.413. The zero-order valence-corrected chi connectivity index (χ0v) is 39.4. The highest BCUT2D eigenvalue weighted by molar-refractivity contribution is 8.76. The number of carboxylic acids is 2. The second-order valence-corrected chi connectivity index (χ2v) is 26.2. The average molecular weight is 825 g/mol. The second kappa shape index (κ2) is 34.0. The Labute approximate surface area is 343 Å². The summed E-state index contributed by atoms with van der Waals surface area (Å²) in [4.78, 5) is 23.4. The molecule has 0 aromatic heterocycles. The first kappa shape index (κ1) is 52.9. The monoisotopic (exact) mass is 825 g/mol. The number of carbonyl (C=O) groups is 2. The van der Waals surface area contributed by atoms with E-state index in [0.29, 0.717) is 9.79 Å². The Morgan fingerprint density at radius 1 is 0.407 bits per heavy atom. The van der Waals surface area contributed by atoms with Crippen molar-refractivity contribution in [3.8, 4) is 0 Å². The molecule has 0 spiro atoms. The van der Waals surface area contributed by atoms with Gasteiger partial charge >= 0.3 is 11.9 Å². The number of rotatable bonds is 29. The Morgan fingerprint density at radius 3 is 0.796 bits per heavy atom. The maximum atomic E-state index is 11.1. The largest absolute Gasteiger partial charge is 0.478 e. The van der Waals surface area contributed by atoms with E-state index in [-0.39, 0.29) is 11.1 Å². The predicted molar refractivity (Wildman–Crippen MR) is 251 cm³/mol. The molecule has 0 heterocycles. The molecule has 8 heteroatoms. The summed E-state index contributed by atoms with van der Waals surface area (Å²) in [6.07, 6.45) is 35.9. The Bertz CT molecular complexity index is 1060. The first-order chi connectivity index (χ1) is 26.1. The molecule has 2 aromatic carbocycles. The molecular formula is C46H82O4P2S2+2. The molecule has 2 N–H and O–H groups in total. The van der Waals surface area contributed by atoms with Gasteiger partial charge in [0, 0.05) is 24.3 Å². The molecule has 0 aliphatic heterocycles. The smallest absolute Gasteiger partial charge is 0.336 e. The van der Waals surface area contributed by atoms with Crippen molar-refractivity contribution < 1.29 is 19.8 Å². The minimum atomic E-state index is -1.000. The molecule has 0 atom stereocenters. The fraction of sp³-hybridized carbons (Fsp3) is 0.696. The molecule has 2 rings (SSSR count). The van der Waals surface area contributed by atoms with E-state index in [2.05, 4.69) is 55.4 Å². The van der Waals surface area contributed by atoms with Gasteiger partial charge in [0.1, 0.15) is 0 Å². The summed E-state index contributed by atoms with van der Waals surface area (Å²) in [6, 6.07) is 13.3. The van der Waals surface area contributed by atoms with E-state index in [9.17, 15) is 9.59 Å². The van der Waals surface area contributed by atoms with Gasteiger partial charge in [0.05, 0.1) is 60.4 Å². The van der Waals surface area contributed by atoms with Crippen molar-refractivity contribution in [3.63, 3.8) is 0 Å². The third-order valence-electron chi connectivity index (χ3n) is 10.3. The molecule has 0 bridgehead atoms. The fourth-order valence-electron chi connectivity index (χ4n) is 6.81. The average Bonchev–Trinajstić information content (AvgIpc) is 3.19. The van der Waals surface area contributed by atoms with E-state index in [1.807, 2.05) is 0 Å². The minimum Gasteiger partial charge on any atom is -0.478 e. The molecular weight excluding hydrogens is 743 g/mol. The van der Waals surface area contributed by atoms with Gasteiger partial charge in [-0.3, -0.25) is 0 Å². The first-order valence-electron chi connectivity index (χ1n) is 21.8. The summed E-state index contributed by atoms with van der Waals surface area (Å²) in [5, 5.41) is 18.2. The lowest BCUT2D eigenvalue weighted by molar-refractivity contribution is 0.0682. The summed E-state index contributed by atoms with van der Waals surface area (Å²) in [6.45, 7) is 18.8. The molecule has 0 radical (unpaired) electrons. The van der Waals surface area contributed by atoms with Crippen LogP contribution in [0.1, 0.15) is 179 Å². The summed E-state index contributed by atoms with van der Waals surface area (Å²) in [5.74, 6) is -2.00. The fourth-order valence-corrected chi connectivity index (χ4v) is 19.7. The lowest BCUT2D eigenvalue weighted by Gasteiger charge is -2.28. The SMILES string of the molecule is CCCC[P+](CCCC)(CCCC)CCCC.CCCC[P+](CCCC)(CCCC)CCCC.O=C(O)c1ccccc1SSc1ccccc1C(=O)O. The molecule has 310 valence electrons. The van der Waals surface area contributed by atoms with Crippen molar-refractivity contribution in [1.29, 1.82) is 0 Å². The van der Waals surface area contributed by atoms with Gasteiger partial charge in [-0.25, -0.2) is 9.59 Å². The topological polar surface area (TPSA) is 74.6 Å². The van der Waals surface area contributed by atoms with Crippen LogP contribution in [0.2, 0.25) is 0 Å². The second-order valence-electron chi connectivity index (χ2n) is 15.1. The van der Waals surface area contributed by atoms with Crippen LogP contribution < -0.4 is 0 Å². The molecule has 0 aliphatic carbocycles. The van der Waals surface area contributed by atoms with Gasteiger partial charge in [0.15, 0.2) is 0 Å². The molecule has 4 nitrogen and oxygen atoms in total. The Hall–Kier alpha value is -1.06. The van der Waals surface area contributed by atoms with Gasteiger partial charge in [-0.15, -0.1) is 0 Å². The van der Waals surface area contributed by atoms with Crippen LogP contribution in [0.5, 0.6) is 0 Å². The highest BCUT2D eigenvalue weighted by Gasteiger charge is 2.35. The van der Waals surface area contributed by atoms with Crippen LogP contribution in [0.25, 0.3) is 0 Å². The maximum absolute atomic E-state index is 11.1. The van der Waals surface area contributed by atoms with Crippen LogP contribution in [0.3, 0.4) is 0 Å². The zero-order chi connectivity index (χ0) is 40.5. The van der Waals surface area contributed by atoms with Crippen LogP contribution in [0.4, 0.5) is 0 Å². The Morgan fingerprint density at radius 2 is 0.611 bits per heavy atom. The van der Waals surface area contributed by atoms with Crippen molar-refractivity contribution in [2.45, 2.75) is 168 Å². The highest BCUT2D eigenvalue weighted by Crippen LogP contribution is 2.62. The predicted octanol–water partition coefficient (Wildman–Crippen LogP) is 16.3. The lowest BCUT2D eigenvalue weighted by Crippen LogP contribution is -2.12. The molecule has 2 aromatic rings. The first-order valence-corrected chi connectivity index (χ1v) is 29.0. The molecule has 0 saturated carbocycles. The number of unbranched alkanes of at least 4 members (excludes halogenated alkanes) is 8. The molecule has 0 amide bonds. The van der Waals surface area contributed by atoms with Crippen molar-refractivity contribution >= 4 is 48.1 Å². The van der Waals surface area contributed by atoms with Crippen LogP contribution >= 0.6 is 36.1 Å². The van der Waals surface area contributed by atoms with E-state index in [1.54, 1.807) is 85.7 Å². The van der Waals surface area contributed by atoms with Crippen molar-refractivity contribution in [2.24, 2.45) is 0 Å². The van der Waals surface area contributed by atoms with Gasteiger partial charge in [0.25, 0.3) is 0 Å². The summed E-state index contributed by atoms with van der Waals surface area (Å²) in [7, 11) is 1.34. The third-order valence-corrected chi connectivity index (χ3v) is 22.9. The van der Waals surface area contributed by atoms with E-state index in [4.69, 9.17) is 10.2 Å². The highest BCUT2D eigenvalue weighted by atomic mass is 33.1. The number of hydrogen-bond acceptors (Lipinski definition) is 4. The lowest BCUT2D eigenvalue weighted by atomic mass is 10.2. The zero-order valence-electron chi connectivity index (χ0n) is 36.0. The molecule has 0 fully saturated rings. The molecule has 54 heavy (non-hydrogen) atoms. The van der Waals surface area contributed by atoms with Gasteiger partial charge < -0.3 is 10.2 Å². The van der Waals surface area contributed by atoms with Crippen LogP contribution in [-0.2, 0) is 0 Å². The van der Waals surface area contributed by atoms with Crippen molar-refractivity contribution in [1.82, 2.24) is 0 Å². The van der Waals surface area contributed by atoms with Gasteiger partial charge in [0.2, 0.25) is 0 Å². The van der Waals surface area contributed by atoms with Crippen LogP contribution in [0.15, 0.2) is 58.3 Å². The molecule has 0 saturated heterocycles. The third kappa shape index (κ3) is 23.2. The Kier molecular flexibility index (Phi) is 33.4. The van der Waals surface area contributed by atoms with Crippen LogP contribution in [0, 0.1) is 0 Å². The van der Waals surface area contributed by atoms with Crippen LogP contribution in [-0.4, -0.2) is 71.4 Å². The van der Waals surface area contributed by atoms with Gasteiger partial charge in [-0.2, -0.15) is 0 Å². The minimum absolute atomic E-state index is 0.206. The van der Waals surface area contributed by atoms with E-state index in [0.717, 1.165) is 0 Å². The van der Waals surface area contributed by atoms with E-state index in [1.165, 1.54) is 136 Å².